The van der Waals surface area contributed by atoms with Crippen molar-refractivity contribution in [2.45, 2.75) is 46.4 Å². The van der Waals surface area contributed by atoms with Crippen LogP contribution in [0.15, 0.2) is 36.4 Å². The van der Waals surface area contributed by atoms with Gasteiger partial charge in [-0.1, -0.05) is 42.8 Å². The van der Waals surface area contributed by atoms with Gasteiger partial charge >= 0.3 is 0 Å². The van der Waals surface area contributed by atoms with E-state index < -0.39 is 0 Å². The van der Waals surface area contributed by atoms with Crippen LogP contribution in [0, 0.1) is 6.92 Å². The highest BCUT2D eigenvalue weighted by Crippen LogP contribution is 2.37. The largest absolute Gasteiger partial charge is 0.490 e. The summed E-state index contributed by atoms with van der Waals surface area (Å²) in [6, 6.07) is 12.0. The van der Waals surface area contributed by atoms with E-state index in [0.29, 0.717) is 36.3 Å². The lowest BCUT2D eigenvalue weighted by Gasteiger charge is -2.18. The van der Waals surface area contributed by atoms with E-state index in [4.69, 9.17) is 21.1 Å². The topological polar surface area (TPSA) is 50.7 Å². The number of halogens is 1. The molecule has 0 spiro atoms. The van der Waals surface area contributed by atoms with Crippen molar-refractivity contribution < 1.29 is 14.6 Å². The molecule has 1 unspecified atom stereocenters. The third-order valence-electron chi connectivity index (χ3n) is 4.31. The van der Waals surface area contributed by atoms with Crippen molar-refractivity contribution in [2.75, 3.05) is 13.2 Å². The number of hydrogen-bond donors (Lipinski definition) is 2. The Morgan fingerprint density at radius 1 is 1.15 bits per heavy atom. The predicted molar refractivity (Wildman–Crippen MR) is 106 cm³/mol. The second-order valence-corrected chi connectivity index (χ2v) is 6.63. The van der Waals surface area contributed by atoms with Crippen molar-refractivity contribution in [3.63, 3.8) is 0 Å². The Bertz CT molecular complexity index is 702. The second kappa shape index (κ2) is 10.4. The van der Waals surface area contributed by atoms with Crippen molar-refractivity contribution in [1.29, 1.82) is 0 Å². The van der Waals surface area contributed by atoms with Crippen LogP contribution in [-0.2, 0) is 13.2 Å². The molecule has 0 aliphatic rings. The molecule has 0 bridgehead atoms. The van der Waals surface area contributed by atoms with Crippen LogP contribution in [0.4, 0.5) is 0 Å². The van der Waals surface area contributed by atoms with Crippen LogP contribution in [0.5, 0.6) is 11.5 Å². The van der Waals surface area contributed by atoms with Gasteiger partial charge in [-0.05, 0) is 49.1 Å². The highest BCUT2D eigenvalue weighted by atomic mass is 35.5. The molecule has 0 saturated heterocycles. The Labute approximate surface area is 161 Å². The maximum Gasteiger partial charge on any atom is 0.180 e. The number of hydrogen-bond acceptors (Lipinski definition) is 4. The van der Waals surface area contributed by atoms with E-state index >= 15 is 0 Å². The average molecular weight is 378 g/mol. The van der Waals surface area contributed by atoms with Gasteiger partial charge in [-0.2, -0.15) is 0 Å². The lowest BCUT2D eigenvalue weighted by atomic mass is 10.1. The summed E-state index contributed by atoms with van der Waals surface area (Å²) >= 11 is 6.48. The van der Waals surface area contributed by atoms with Gasteiger partial charge in [-0.3, -0.25) is 0 Å². The minimum absolute atomic E-state index is 0.0706. The fourth-order valence-corrected chi connectivity index (χ4v) is 2.94. The van der Waals surface area contributed by atoms with Gasteiger partial charge in [-0.15, -0.1) is 0 Å². The Hall–Kier alpha value is -1.75. The predicted octanol–water partition coefficient (Wildman–Crippen LogP) is 4.49. The van der Waals surface area contributed by atoms with Crippen LogP contribution in [-0.4, -0.2) is 24.4 Å². The molecule has 142 valence electrons. The van der Waals surface area contributed by atoms with Gasteiger partial charge < -0.3 is 19.9 Å². The summed E-state index contributed by atoms with van der Waals surface area (Å²) in [5, 5.41) is 13.1. The zero-order valence-electron chi connectivity index (χ0n) is 15.7. The zero-order valence-corrected chi connectivity index (χ0v) is 16.5. The normalized spacial score (nSPS) is 12.0. The summed E-state index contributed by atoms with van der Waals surface area (Å²) < 4.78 is 11.7. The third kappa shape index (κ3) is 5.63. The lowest BCUT2D eigenvalue weighted by Crippen LogP contribution is -2.31. The van der Waals surface area contributed by atoms with E-state index in [2.05, 4.69) is 18.3 Å². The summed E-state index contributed by atoms with van der Waals surface area (Å²) in [5.74, 6) is 1.21. The first-order chi connectivity index (χ1) is 12.6. The Balaban J connectivity index is 2.16. The summed E-state index contributed by atoms with van der Waals surface area (Å²) in [7, 11) is 0. The van der Waals surface area contributed by atoms with Crippen molar-refractivity contribution in [3.8, 4) is 11.5 Å². The molecule has 2 N–H and O–H groups in total. The van der Waals surface area contributed by atoms with Crippen molar-refractivity contribution in [2.24, 2.45) is 0 Å². The smallest absolute Gasteiger partial charge is 0.180 e. The molecular formula is C21H28ClNO3. The molecule has 0 amide bonds. The van der Waals surface area contributed by atoms with Crippen molar-refractivity contribution >= 4 is 11.6 Å². The molecule has 2 aromatic rings. The zero-order chi connectivity index (χ0) is 18.9. The van der Waals surface area contributed by atoms with Gasteiger partial charge in [0.25, 0.3) is 0 Å². The molecule has 0 aliphatic carbocycles. The summed E-state index contributed by atoms with van der Waals surface area (Å²) in [6.07, 6.45) is 0.861. The van der Waals surface area contributed by atoms with E-state index in [1.165, 1.54) is 5.56 Å². The fourth-order valence-electron chi connectivity index (χ4n) is 2.65. The van der Waals surface area contributed by atoms with Crippen LogP contribution in [0.25, 0.3) is 0 Å². The molecular weight excluding hydrogens is 350 g/mol. The number of aliphatic hydroxyl groups is 1. The maximum absolute atomic E-state index is 9.31. The van der Waals surface area contributed by atoms with Gasteiger partial charge in [0.2, 0.25) is 0 Å². The number of benzene rings is 2. The van der Waals surface area contributed by atoms with Gasteiger partial charge in [0.05, 0.1) is 18.2 Å². The van der Waals surface area contributed by atoms with Gasteiger partial charge in [0.15, 0.2) is 11.5 Å². The van der Waals surface area contributed by atoms with Crippen molar-refractivity contribution in [1.82, 2.24) is 5.32 Å². The van der Waals surface area contributed by atoms with Crippen LogP contribution in [0.2, 0.25) is 5.02 Å². The molecule has 2 rings (SSSR count). The Morgan fingerprint density at radius 3 is 2.58 bits per heavy atom. The molecule has 0 aliphatic heterocycles. The monoisotopic (exact) mass is 377 g/mol. The molecule has 2 aromatic carbocycles. The van der Waals surface area contributed by atoms with Gasteiger partial charge in [-0.25, -0.2) is 0 Å². The van der Waals surface area contributed by atoms with E-state index in [9.17, 15) is 5.11 Å². The quantitative estimate of drug-likeness (QED) is 0.640. The SMILES string of the molecule is CCOc1cc(CNC(CC)CO)cc(Cl)c1OCc1ccccc1C. The Morgan fingerprint density at radius 2 is 1.92 bits per heavy atom. The number of aliphatic hydroxyl groups excluding tert-OH is 1. The van der Waals surface area contributed by atoms with Crippen LogP contribution in [0.1, 0.15) is 37.0 Å². The van der Waals surface area contributed by atoms with E-state index in [0.717, 1.165) is 17.5 Å². The fraction of sp³-hybridized carbons (Fsp3) is 0.429. The van der Waals surface area contributed by atoms with Crippen LogP contribution < -0.4 is 14.8 Å². The highest BCUT2D eigenvalue weighted by Gasteiger charge is 2.14. The average Bonchev–Trinajstić information content (AvgIpc) is 2.63. The number of ether oxygens (including phenoxy) is 2. The first-order valence-corrected chi connectivity index (χ1v) is 9.43. The third-order valence-corrected chi connectivity index (χ3v) is 4.59. The molecule has 5 heteroatoms. The molecule has 0 aromatic heterocycles. The minimum atomic E-state index is 0.0706. The summed E-state index contributed by atoms with van der Waals surface area (Å²) in [4.78, 5) is 0. The standard InChI is InChI=1S/C21H28ClNO3/c1-4-18(13-24)23-12-16-10-19(22)21(20(11-16)25-5-2)26-14-17-9-7-6-8-15(17)3/h6-11,18,23-24H,4-5,12-14H2,1-3H3. The summed E-state index contributed by atoms with van der Waals surface area (Å²) in [5.41, 5.74) is 3.29. The van der Waals surface area contributed by atoms with Gasteiger partial charge in [0.1, 0.15) is 6.61 Å². The highest BCUT2D eigenvalue weighted by molar-refractivity contribution is 6.32. The van der Waals surface area contributed by atoms with E-state index in [-0.39, 0.29) is 12.6 Å². The first kappa shape index (κ1) is 20.6. The first-order valence-electron chi connectivity index (χ1n) is 9.05. The van der Waals surface area contributed by atoms with E-state index in [1.54, 1.807) is 0 Å². The molecule has 4 nitrogen and oxygen atoms in total. The maximum atomic E-state index is 9.31. The number of aryl methyl sites for hydroxylation is 1. The Kier molecular flexibility index (Phi) is 8.23. The molecule has 0 radical (unpaired) electrons. The summed E-state index contributed by atoms with van der Waals surface area (Å²) in [6.45, 7) is 7.72. The second-order valence-electron chi connectivity index (χ2n) is 6.22. The lowest BCUT2D eigenvalue weighted by molar-refractivity contribution is 0.238. The van der Waals surface area contributed by atoms with E-state index in [1.807, 2.05) is 44.2 Å². The minimum Gasteiger partial charge on any atom is -0.490 e. The molecule has 0 heterocycles. The van der Waals surface area contributed by atoms with Crippen molar-refractivity contribution in [3.05, 3.63) is 58.1 Å². The number of rotatable bonds is 10. The molecule has 1 atom stereocenters. The molecule has 0 saturated carbocycles. The molecule has 26 heavy (non-hydrogen) atoms. The van der Waals surface area contributed by atoms with Gasteiger partial charge in [0, 0.05) is 12.6 Å². The molecule has 0 fully saturated rings. The van der Waals surface area contributed by atoms with Crippen LogP contribution in [0.3, 0.4) is 0 Å². The van der Waals surface area contributed by atoms with Crippen LogP contribution >= 0.6 is 11.6 Å². The number of nitrogens with one attached hydrogen (secondary N) is 1.